The van der Waals surface area contributed by atoms with E-state index in [9.17, 15) is 4.79 Å². The largest absolute Gasteiger partial charge is 0.353 e. The number of likely N-dealkylation sites (tertiary alicyclic amines) is 1. The summed E-state index contributed by atoms with van der Waals surface area (Å²) >= 11 is 0. The van der Waals surface area contributed by atoms with Crippen LogP contribution < -0.4 is 5.32 Å². The fourth-order valence-electron chi connectivity index (χ4n) is 4.03. The van der Waals surface area contributed by atoms with Crippen molar-refractivity contribution in [1.29, 1.82) is 0 Å². The highest BCUT2D eigenvalue weighted by Gasteiger charge is 2.27. The molecule has 0 aromatic rings. The molecule has 1 aliphatic carbocycles. The number of hydrogen-bond donors (Lipinski definition) is 1. The first kappa shape index (κ1) is 17.8. The zero-order chi connectivity index (χ0) is 16.1. The summed E-state index contributed by atoms with van der Waals surface area (Å²) in [5.74, 6) is 3.06. The van der Waals surface area contributed by atoms with E-state index in [0.717, 1.165) is 43.7 Å². The second-order valence-electron chi connectivity index (χ2n) is 8.26. The van der Waals surface area contributed by atoms with Crippen molar-refractivity contribution in [1.82, 2.24) is 10.2 Å². The summed E-state index contributed by atoms with van der Waals surface area (Å²) in [5, 5.41) is 3.20. The molecule has 128 valence electrons. The van der Waals surface area contributed by atoms with Crippen LogP contribution in [0.3, 0.4) is 0 Å². The number of carbonyl (C=O) groups is 1. The lowest BCUT2D eigenvalue weighted by Gasteiger charge is -2.37. The second-order valence-corrected chi connectivity index (χ2v) is 8.26. The van der Waals surface area contributed by atoms with E-state index in [-0.39, 0.29) is 11.8 Å². The third-order valence-electron chi connectivity index (χ3n) is 5.81. The molecule has 1 saturated heterocycles. The van der Waals surface area contributed by atoms with Crippen molar-refractivity contribution in [3.05, 3.63) is 0 Å². The minimum atomic E-state index is 0.106. The maximum Gasteiger partial charge on any atom is 0.222 e. The first-order valence-electron chi connectivity index (χ1n) is 9.48. The number of carbonyl (C=O) groups excluding carboxylic acids is 1. The summed E-state index contributed by atoms with van der Waals surface area (Å²) in [4.78, 5) is 14.4. The number of nitrogens with one attached hydrogen (secondary N) is 1. The summed E-state index contributed by atoms with van der Waals surface area (Å²) in [6.45, 7) is 12.3. The van der Waals surface area contributed by atoms with Crippen molar-refractivity contribution in [2.24, 2.45) is 23.7 Å². The van der Waals surface area contributed by atoms with Gasteiger partial charge in [-0.05, 0) is 56.3 Å². The highest BCUT2D eigenvalue weighted by Crippen LogP contribution is 2.33. The molecule has 0 unspecified atom stereocenters. The number of hydrogen-bond acceptors (Lipinski definition) is 2. The monoisotopic (exact) mass is 308 g/mol. The van der Waals surface area contributed by atoms with Gasteiger partial charge in [-0.3, -0.25) is 4.79 Å². The van der Waals surface area contributed by atoms with Crippen LogP contribution in [0.4, 0.5) is 0 Å². The molecule has 0 bridgehead atoms. The summed E-state index contributed by atoms with van der Waals surface area (Å²) < 4.78 is 0. The number of amides is 1. The van der Waals surface area contributed by atoms with Gasteiger partial charge < -0.3 is 10.2 Å². The van der Waals surface area contributed by atoms with Crippen molar-refractivity contribution >= 4 is 5.91 Å². The summed E-state index contributed by atoms with van der Waals surface area (Å²) in [6, 6.07) is 0.405. The normalized spacial score (nSPS) is 28.3. The van der Waals surface area contributed by atoms with E-state index in [1.165, 1.54) is 32.2 Å². The van der Waals surface area contributed by atoms with Gasteiger partial charge >= 0.3 is 0 Å². The van der Waals surface area contributed by atoms with Crippen LogP contribution in [0, 0.1) is 23.7 Å². The Balaban J connectivity index is 1.65. The Labute approximate surface area is 137 Å². The van der Waals surface area contributed by atoms with Gasteiger partial charge in [0, 0.05) is 31.6 Å². The quantitative estimate of drug-likeness (QED) is 0.840. The van der Waals surface area contributed by atoms with Crippen molar-refractivity contribution in [3.8, 4) is 0 Å². The highest BCUT2D eigenvalue weighted by molar-refractivity contribution is 5.78. The van der Waals surface area contributed by atoms with E-state index >= 15 is 0 Å². The minimum absolute atomic E-state index is 0.106. The summed E-state index contributed by atoms with van der Waals surface area (Å²) in [5.41, 5.74) is 0. The van der Waals surface area contributed by atoms with Crippen LogP contribution in [0.2, 0.25) is 0 Å². The molecule has 1 N–H and O–H groups in total. The van der Waals surface area contributed by atoms with Crippen LogP contribution in [0.1, 0.15) is 66.2 Å². The maximum absolute atomic E-state index is 11.8. The lowest BCUT2D eigenvalue weighted by molar-refractivity contribution is -0.125. The Kier molecular flexibility index (Phi) is 6.73. The summed E-state index contributed by atoms with van der Waals surface area (Å²) in [7, 11) is 0. The first-order chi connectivity index (χ1) is 10.5. The zero-order valence-corrected chi connectivity index (χ0v) is 15.1. The van der Waals surface area contributed by atoms with Crippen molar-refractivity contribution < 1.29 is 4.79 Å². The molecule has 0 aromatic heterocycles. The van der Waals surface area contributed by atoms with Gasteiger partial charge in [-0.1, -0.05) is 27.7 Å². The van der Waals surface area contributed by atoms with Gasteiger partial charge in [0.15, 0.2) is 0 Å². The molecule has 0 aromatic carbocycles. The Bertz CT molecular complexity index is 337. The lowest BCUT2D eigenvalue weighted by atomic mass is 9.77. The van der Waals surface area contributed by atoms with Crippen LogP contribution in [-0.4, -0.2) is 36.5 Å². The predicted octanol–water partition coefficient (Wildman–Crippen LogP) is 3.69. The smallest absolute Gasteiger partial charge is 0.222 e. The molecule has 0 spiro atoms. The van der Waals surface area contributed by atoms with E-state index in [2.05, 4.69) is 24.1 Å². The van der Waals surface area contributed by atoms with E-state index in [0.29, 0.717) is 6.04 Å². The van der Waals surface area contributed by atoms with Crippen LogP contribution in [0.25, 0.3) is 0 Å². The fourth-order valence-corrected chi connectivity index (χ4v) is 4.03. The third-order valence-corrected chi connectivity index (χ3v) is 5.81. The van der Waals surface area contributed by atoms with Gasteiger partial charge in [-0.25, -0.2) is 0 Å². The average molecular weight is 309 g/mol. The third kappa shape index (κ3) is 5.26. The van der Waals surface area contributed by atoms with Gasteiger partial charge in [0.25, 0.3) is 0 Å². The molecular formula is C19H36N2O. The van der Waals surface area contributed by atoms with E-state index in [1.54, 1.807) is 0 Å². The molecule has 3 heteroatoms. The van der Waals surface area contributed by atoms with E-state index < -0.39 is 0 Å². The van der Waals surface area contributed by atoms with Gasteiger partial charge in [-0.2, -0.15) is 0 Å². The zero-order valence-electron chi connectivity index (χ0n) is 15.1. The van der Waals surface area contributed by atoms with Gasteiger partial charge in [0.1, 0.15) is 0 Å². The Morgan fingerprint density at radius 1 is 1.00 bits per heavy atom. The topological polar surface area (TPSA) is 32.3 Å². The van der Waals surface area contributed by atoms with Gasteiger partial charge in [-0.15, -0.1) is 0 Å². The first-order valence-corrected chi connectivity index (χ1v) is 9.48. The Morgan fingerprint density at radius 3 is 2.09 bits per heavy atom. The van der Waals surface area contributed by atoms with E-state index in [4.69, 9.17) is 0 Å². The van der Waals surface area contributed by atoms with Crippen molar-refractivity contribution in [2.75, 3.05) is 19.6 Å². The molecule has 1 amide bonds. The highest BCUT2D eigenvalue weighted by atomic mass is 16.1. The molecule has 1 saturated carbocycles. The van der Waals surface area contributed by atoms with E-state index in [1.807, 2.05) is 13.8 Å². The van der Waals surface area contributed by atoms with Crippen molar-refractivity contribution in [2.45, 2.75) is 72.3 Å². The standard InChI is InChI=1S/C19H36N2O/c1-14(2)17-7-5-16(6-8-17)13-21-11-9-18(10-12-21)20-19(22)15(3)4/h14-18H,5-13H2,1-4H3,(H,20,22). The number of rotatable bonds is 5. The Morgan fingerprint density at radius 2 is 1.59 bits per heavy atom. The molecule has 0 radical (unpaired) electrons. The SMILES string of the molecule is CC(C)C(=O)NC1CCN(CC2CCC(C(C)C)CC2)CC1. The van der Waals surface area contributed by atoms with Gasteiger partial charge in [0.2, 0.25) is 5.91 Å². The van der Waals surface area contributed by atoms with Crippen LogP contribution in [0.15, 0.2) is 0 Å². The minimum Gasteiger partial charge on any atom is -0.353 e. The molecule has 2 fully saturated rings. The Hall–Kier alpha value is -0.570. The van der Waals surface area contributed by atoms with Crippen molar-refractivity contribution in [3.63, 3.8) is 0 Å². The predicted molar refractivity (Wildman–Crippen MR) is 92.7 cm³/mol. The lowest BCUT2D eigenvalue weighted by Crippen LogP contribution is -2.46. The molecule has 0 atom stereocenters. The molecule has 1 aliphatic heterocycles. The second kappa shape index (κ2) is 8.33. The average Bonchev–Trinajstić information content (AvgIpc) is 2.49. The maximum atomic E-state index is 11.8. The van der Waals surface area contributed by atoms with Crippen LogP contribution >= 0.6 is 0 Å². The molecule has 3 nitrogen and oxygen atoms in total. The molecule has 22 heavy (non-hydrogen) atoms. The molecular weight excluding hydrogens is 272 g/mol. The van der Waals surface area contributed by atoms with Crippen LogP contribution in [0.5, 0.6) is 0 Å². The fraction of sp³-hybridized carbons (Fsp3) is 0.947. The summed E-state index contributed by atoms with van der Waals surface area (Å²) in [6.07, 6.45) is 7.96. The number of nitrogens with zero attached hydrogens (tertiary/aromatic N) is 1. The molecule has 1 heterocycles. The van der Waals surface area contributed by atoms with Crippen LogP contribution in [-0.2, 0) is 4.79 Å². The molecule has 2 aliphatic rings. The van der Waals surface area contributed by atoms with Gasteiger partial charge in [0.05, 0.1) is 0 Å². The molecule has 2 rings (SSSR count). The number of piperidine rings is 1.